The van der Waals surface area contributed by atoms with Gasteiger partial charge in [0.25, 0.3) is 0 Å². The van der Waals surface area contributed by atoms with Crippen molar-refractivity contribution in [3.63, 3.8) is 0 Å². The number of Topliss-reactive ketones (excluding diaryl/α,β-unsaturated/α-hetero) is 2. The van der Waals surface area contributed by atoms with Crippen molar-refractivity contribution in [2.45, 2.75) is 93.1 Å². The maximum Gasteiger partial charge on any atom is 0.165 e. The largest absolute Gasteiger partial charge is 0.373 e. The molecule has 27 heavy (non-hydrogen) atoms. The van der Waals surface area contributed by atoms with Crippen molar-refractivity contribution in [1.29, 1.82) is 0 Å². The Balaban J connectivity index is 3.14. The van der Waals surface area contributed by atoms with Crippen LogP contribution in [0.1, 0.15) is 87.0 Å². The summed E-state index contributed by atoms with van der Waals surface area (Å²) >= 11 is 0. The zero-order valence-electron chi connectivity index (χ0n) is 18.9. The predicted octanol–water partition coefficient (Wildman–Crippen LogP) is 6.01. The van der Waals surface area contributed by atoms with Crippen LogP contribution in [-0.2, 0) is 14.3 Å². The van der Waals surface area contributed by atoms with Crippen LogP contribution in [0.15, 0.2) is 11.6 Å². The normalized spacial score (nSPS) is 27.5. The quantitative estimate of drug-likeness (QED) is 0.437. The fourth-order valence-electron chi connectivity index (χ4n) is 5.10. The van der Waals surface area contributed by atoms with Crippen molar-refractivity contribution >= 4 is 11.6 Å². The van der Waals surface area contributed by atoms with Gasteiger partial charge in [0.15, 0.2) is 5.78 Å². The molecule has 0 N–H and O–H groups in total. The highest BCUT2D eigenvalue weighted by Crippen LogP contribution is 2.48. The van der Waals surface area contributed by atoms with Gasteiger partial charge in [-0.1, -0.05) is 66.0 Å². The monoisotopic (exact) mass is 378 g/mol. The molecule has 4 atom stereocenters. The van der Waals surface area contributed by atoms with Crippen molar-refractivity contribution in [2.75, 3.05) is 7.11 Å². The molecule has 0 aromatic heterocycles. The second kappa shape index (κ2) is 10.5. The molecule has 3 heteroatoms. The highest BCUT2D eigenvalue weighted by atomic mass is 16.5. The van der Waals surface area contributed by atoms with Crippen molar-refractivity contribution in [3.05, 3.63) is 11.6 Å². The van der Waals surface area contributed by atoms with Gasteiger partial charge in [0.05, 0.1) is 0 Å². The minimum atomic E-state index is -0.581. The molecule has 0 radical (unpaired) electrons. The lowest BCUT2D eigenvalue weighted by molar-refractivity contribution is -0.159. The Hall–Kier alpha value is -0.960. The Morgan fingerprint density at radius 3 is 2.04 bits per heavy atom. The zero-order valence-corrected chi connectivity index (χ0v) is 18.9. The maximum absolute atomic E-state index is 13.3. The lowest BCUT2D eigenvalue weighted by atomic mass is 9.57. The second-order valence-corrected chi connectivity index (χ2v) is 8.73. The molecule has 0 aliphatic heterocycles. The topological polar surface area (TPSA) is 43.4 Å². The number of rotatable bonds is 10. The van der Waals surface area contributed by atoms with E-state index in [1.807, 2.05) is 13.8 Å². The number of hydrogen-bond donors (Lipinski definition) is 0. The summed E-state index contributed by atoms with van der Waals surface area (Å²) < 4.78 is 5.37. The summed E-state index contributed by atoms with van der Waals surface area (Å²) in [5, 5.41) is 0. The number of carbonyl (C=O) groups excluding carboxylic acids is 2. The summed E-state index contributed by atoms with van der Waals surface area (Å²) in [4.78, 5) is 26.1. The molecule has 0 heterocycles. The first kappa shape index (κ1) is 24.1. The third-order valence-corrected chi connectivity index (χ3v) is 7.38. The lowest BCUT2D eigenvalue weighted by Gasteiger charge is -2.46. The van der Waals surface area contributed by atoms with Crippen LogP contribution in [-0.4, -0.2) is 24.8 Å². The fourth-order valence-corrected chi connectivity index (χ4v) is 5.10. The molecule has 1 saturated carbocycles. The zero-order chi connectivity index (χ0) is 20.8. The van der Waals surface area contributed by atoms with Gasteiger partial charge in [-0.05, 0) is 43.9 Å². The molecule has 0 bridgehead atoms. The standard InChI is InChI=1S/C24H42O3/c1-9-19(10-2)15-16(5)13-14-24(11-3,12-4)20-17(6)22(26)23(27-8)18(7)21(20)25/h13,17-20,23H,9-12,14-15H2,1-8H3. The summed E-state index contributed by atoms with van der Waals surface area (Å²) in [6, 6.07) is 0. The molecule has 1 aliphatic rings. The van der Waals surface area contributed by atoms with Gasteiger partial charge in [-0.2, -0.15) is 0 Å². The van der Waals surface area contributed by atoms with E-state index < -0.39 is 6.10 Å². The maximum atomic E-state index is 13.3. The van der Waals surface area contributed by atoms with Gasteiger partial charge in [-0.3, -0.25) is 9.59 Å². The number of carbonyl (C=O) groups is 2. The van der Waals surface area contributed by atoms with Crippen LogP contribution >= 0.6 is 0 Å². The summed E-state index contributed by atoms with van der Waals surface area (Å²) in [5.74, 6) is 0.209. The highest BCUT2D eigenvalue weighted by molar-refractivity contribution is 6.01. The molecule has 4 unspecified atom stereocenters. The van der Waals surface area contributed by atoms with E-state index in [1.54, 1.807) is 0 Å². The van der Waals surface area contributed by atoms with Crippen LogP contribution in [0.4, 0.5) is 0 Å². The highest BCUT2D eigenvalue weighted by Gasteiger charge is 2.53. The molecule has 0 aromatic rings. The van der Waals surface area contributed by atoms with E-state index in [4.69, 9.17) is 4.74 Å². The van der Waals surface area contributed by atoms with Crippen molar-refractivity contribution in [3.8, 4) is 0 Å². The molecule has 0 saturated heterocycles. The third kappa shape index (κ3) is 5.10. The Morgan fingerprint density at radius 2 is 1.59 bits per heavy atom. The molecule has 1 rings (SSSR count). The SMILES string of the molecule is CCC(CC)CC(C)=CCC(CC)(CC)C1C(=O)C(C)C(OC)C(=O)C1C. The first-order valence-corrected chi connectivity index (χ1v) is 11.0. The summed E-state index contributed by atoms with van der Waals surface area (Å²) in [6.07, 6.45) is 8.02. The van der Waals surface area contributed by atoms with Crippen LogP contribution in [0.3, 0.4) is 0 Å². The fraction of sp³-hybridized carbons (Fsp3) is 0.833. The summed E-state index contributed by atoms with van der Waals surface area (Å²) in [5.41, 5.74) is 1.27. The van der Waals surface area contributed by atoms with E-state index in [9.17, 15) is 9.59 Å². The van der Waals surface area contributed by atoms with Crippen molar-refractivity contribution < 1.29 is 14.3 Å². The molecule has 1 fully saturated rings. The average molecular weight is 379 g/mol. The van der Waals surface area contributed by atoms with Gasteiger partial charge in [-0.25, -0.2) is 0 Å². The first-order chi connectivity index (χ1) is 12.7. The predicted molar refractivity (Wildman–Crippen MR) is 113 cm³/mol. The van der Waals surface area contributed by atoms with Gasteiger partial charge in [0.1, 0.15) is 11.9 Å². The first-order valence-electron chi connectivity index (χ1n) is 11.0. The van der Waals surface area contributed by atoms with E-state index in [2.05, 4.69) is 40.7 Å². The Labute approximate surface area is 167 Å². The minimum Gasteiger partial charge on any atom is -0.373 e. The Morgan fingerprint density at radius 1 is 1.04 bits per heavy atom. The van der Waals surface area contributed by atoms with E-state index in [0.717, 1.165) is 31.6 Å². The molecule has 1 aliphatic carbocycles. The number of ketones is 2. The number of allylic oxidation sites excluding steroid dienone is 2. The van der Waals surface area contributed by atoms with Crippen LogP contribution in [0.25, 0.3) is 0 Å². The van der Waals surface area contributed by atoms with Gasteiger partial charge >= 0.3 is 0 Å². The molecule has 0 amide bonds. The summed E-state index contributed by atoms with van der Waals surface area (Å²) in [7, 11) is 1.54. The summed E-state index contributed by atoms with van der Waals surface area (Å²) in [6.45, 7) is 14.9. The van der Waals surface area contributed by atoms with Crippen molar-refractivity contribution in [2.24, 2.45) is 29.1 Å². The molecule has 3 nitrogen and oxygen atoms in total. The van der Waals surface area contributed by atoms with Crippen LogP contribution in [0, 0.1) is 29.1 Å². The molecular formula is C24H42O3. The van der Waals surface area contributed by atoms with E-state index >= 15 is 0 Å². The van der Waals surface area contributed by atoms with Gasteiger partial charge in [-0.15, -0.1) is 0 Å². The number of hydrogen-bond acceptors (Lipinski definition) is 3. The number of ether oxygens (including phenoxy) is 1. The van der Waals surface area contributed by atoms with E-state index in [-0.39, 0.29) is 34.7 Å². The molecule has 0 spiro atoms. The van der Waals surface area contributed by atoms with E-state index in [1.165, 1.54) is 25.5 Å². The van der Waals surface area contributed by atoms with Gasteiger partial charge in [0, 0.05) is 24.9 Å². The second-order valence-electron chi connectivity index (χ2n) is 8.73. The van der Waals surface area contributed by atoms with Crippen molar-refractivity contribution in [1.82, 2.24) is 0 Å². The van der Waals surface area contributed by atoms with Crippen LogP contribution in [0.2, 0.25) is 0 Å². The smallest absolute Gasteiger partial charge is 0.165 e. The van der Waals surface area contributed by atoms with Crippen LogP contribution in [0.5, 0.6) is 0 Å². The molecule has 0 aromatic carbocycles. The van der Waals surface area contributed by atoms with Gasteiger partial charge < -0.3 is 4.74 Å². The minimum absolute atomic E-state index is 0.0959. The van der Waals surface area contributed by atoms with Crippen LogP contribution < -0.4 is 0 Å². The van der Waals surface area contributed by atoms with Gasteiger partial charge in [0.2, 0.25) is 0 Å². The average Bonchev–Trinajstić information content (AvgIpc) is 2.67. The third-order valence-electron chi connectivity index (χ3n) is 7.38. The molecule has 156 valence electrons. The van der Waals surface area contributed by atoms with E-state index in [0.29, 0.717) is 0 Å². The lowest BCUT2D eigenvalue weighted by Crippen LogP contribution is -2.54. The number of methoxy groups -OCH3 is 1. The molecular weight excluding hydrogens is 336 g/mol. The Kier molecular flexibility index (Phi) is 9.41. The Bertz CT molecular complexity index is 526.